The molecule has 2 N–H and O–H groups in total. The number of hydrogen-bond acceptors (Lipinski definition) is 2. The first-order valence-corrected chi connectivity index (χ1v) is 5.72. The van der Waals surface area contributed by atoms with Crippen molar-refractivity contribution in [3.8, 4) is 5.75 Å². The summed E-state index contributed by atoms with van der Waals surface area (Å²) in [6.45, 7) is 2.91. The first kappa shape index (κ1) is 16.2. The van der Waals surface area contributed by atoms with Crippen LogP contribution in [0, 0.1) is 0 Å². The third-order valence-corrected chi connectivity index (χ3v) is 2.74. The first-order chi connectivity index (χ1) is 7.57. The summed E-state index contributed by atoms with van der Waals surface area (Å²) in [4.78, 5) is 0. The maximum absolute atomic E-state index is 5.54. The summed E-state index contributed by atoms with van der Waals surface area (Å²) in [7, 11) is 6.16. The molecule has 0 amide bonds. The highest BCUT2D eigenvalue weighted by molar-refractivity contribution is 5.26. The van der Waals surface area contributed by atoms with Crippen LogP contribution < -0.4 is 22.9 Å². The molecule has 98 valence electrons. The number of nitrogens with zero attached hydrogens (tertiary/aromatic N) is 1. The van der Waals surface area contributed by atoms with Gasteiger partial charge < -0.3 is 27.4 Å². The number of quaternary nitrogens is 1. The van der Waals surface area contributed by atoms with Crippen molar-refractivity contribution in [3.63, 3.8) is 0 Å². The third kappa shape index (κ3) is 5.91. The molecule has 1 rings (SSSR count). The second-order valence-electron chi connectivity index (χ2n) is 4.81. The summed E-state index contributed by atoms with van der Waals surface area (Å²) in [5.41, 5.74) is 6.88. The van der Waals surface area contributed by atoms with E-state index in [0.29, 0.717) is 0 Å². The highest BCUT2D eigenvalue weighted by atomic mass is 35.5. The van der Waals surface area contributed by atoms with Crippen LogP contribution in [-0.4, -0.2) is 38.8 Å². The number of ether oxygens (including phenoxy) is 1. The lowest BCUT2D eigenvalue weighted by molar-refractivity contribution is -0.903. The second-order valence-corrected chi connectivity index (χ2v) is 4.81. The van der Waals surface area contributed by atoms with Crippen molar-refractivity contribution in [2.24, 2.45) is 5.73 Å². The molecular formula is C13H23ClN2O. The summed E-state index contributed by atoms with van der Waals surface area (Å²) in [5, 5.41) is 0. The van der Waals surface area contributed by atoms with Gasteiger partial charge in [0.25, 0.3) is 0 Å². The monoisotopic (exact) mass is 258 g/mol. The lowest BCUT2D eigenvalue weighted by atomic mass is 10.2. The topological polar surface area (TPSA) is 35.2 Å². The van der Waals surface area contributed by atoms with E-state index in [2.05, 4.69) is 26.2 Å². The molecule has 0 fully saturated rings. The van der Waals surface area contributed by atoms with Crippen LogP contribution in [0.1, 0.15) is 12.0 Å². The summed E-state index contributed by atoms with van der Waals surface area (Å²) in [6, 6.07) is 8.28. The molecule has 4 heteroatoms. The molecule has 17 heavy (non-hydrogen) atoms. The zero-order valence-electron chi connectivity index (χ0n) is 10.9. The van der Waals surface area contributed by atoms with E-state index < -0.39 is 0 Å². The minimum atomic E-state index is 0. The number of hydrogen-bond donors (Lipinski definition) is 1. The van der Waals surface area contributed by atoms with Crippen molar-refractivity contribution >= 4 is 0 Å². The molecule has 0 aliphatic carbocycles. The van der Waals surface area contributed by atoms with Crippen LogP contribution in [0.3, 0.4) is 0 Å². The predicted octanol–water partition coefficient (Wildman–Crippen LogP) is -1.38. The van der Waals surface area contributed by atoms with E-state index in [1.165, 1.54) is 5.56 Å². The number of halogens is 1. The van der Waals surface area contributed by atoms with Crippen molar-refractivity contribution in [3.05, 3.63) is 29.8 Å². The van der Waals surface area contributed by atoms with Gasteiger partial charge in [-0.2, -0.15) is 0 Å². The number of nitrogens with two attached hydrogens (primary N) is 1. The van der Waals surface area contributed by atoms with Crippen LogP contribution in [0.15, 0.2) is 24.3 Å². The van der Waals surface area contributed by atoms with E-state index in [0.717, 1.165) is 36.3 Å². The largest absolute Gasteiger partial charge is 1.00 e. The molecule has 0 aliphatic rings. The highest BCUT2D eigenvalue weighted by Crippen LogP contribution is 2.15. The van der Waals surface area contributed by atoms with Gasteiger partial charge in [0.05, 0.1) is 27.7 Å². The van der Waals surface area contributed by atoms with E-state index >= 15 is 0 Å². The Balaban J connectivity index is 0.00000256. The molecule has 0 spiro atoms. The van der Waals surface area contributed by atoms with Gasteiger partial charge in [-0.05, 0) is 30.8 Å². The van der Waals surface area contributed by atoms with E-state index in [-0.39, 0.29) is 12.4 Å². The fraction of sp³-hybridized carbons (Fsp3) is 0.538. The fourth-order valence-corrected chi connectivity index (χ4v) is 1.82. The Morgan fingerprint density at radius 3 is 2.24 bits per heavy atom. The third-order valence-electron chi connectivity index (χ3n) is 2.74. The molecule has 0 heterocycles. The van der Waals surface area contributed by atoms with Crippen LogP contribution in [0.4, 0.5) is 0 Å². The normalized spacial score (nSPS) is 10.8. The Morgan fingerprint density at radius 1 is 1.18 bits per heavy atom. The molecule has 0 saturated heterocycles. The first-order valence-electron chi connectivity index (χ1n) is 5.72. The average Bonchev–Trinajstić information content (AvgIpc) is 2.27. The molecule has 0 aromatic heterocycles. The summed E-state index contributed by atoms with van der Waals surface area (Å²) < 4.78 is 6.12. The molecule has 0 aliphatic heterocycles. The minimum absolute atomic E-state index is 0. The molecule has 0 unspecified atom stereocenters. The minimum Gasteiger partial charge on any atom is -1.00 e. The Bertz CT molecular complexity index is 312. The Kier molecular flexibility index (Phi) is 7.19. The molecule has 0 saturated carbocycles. The lowest BCUT2D eigenvalue weighted by Gasteiger charge is -2.29. The van der Waals surface area contributed by atoms with Crippen molar-refractivity contribution < 1.29 is 21.6 Å². The van der Waals surface area contributed by atoms with Crippen LogP contribution in [0.2, 0.25) is 0 Å². The highest BCUT2D eigenvalue weighted by Gasteiger charge is 2.14. The number of benzene rings is 1. The summed E-state index contributed by atoms with van der Waals surface area (Å²) >= 11 is 0. The lowest BCUT2D eigenvalue weighted by Crippen LogP contribution is -3.00. The molecule has 3 nitrogen and oxygen atoms in total. The predicted molar refractivity (Wildman–Crippen MR) is 67.3 cm³/mol. The molecule has 1 aromatic rings. The average molecular weight is 259 g/mol. The van der Waals surface area contributed by atoms with Gasteiger partial charge in [0, 0.05) is 12.0 Å². The van der Waals surface area contributed by atoms with Gasteiger partial charge in [-0.15, -0.1) is 0 Å². The van der Waals surface area contributed by atoms with Crippen LogP contribution in [0.5, 0.6) is 5.75 Å². The Hall–Kier alpha value is -0.770. The Morgan fingerprint density at radius 2 is 1.76 bits per heavy atom. The summed E-state index contributed by atoms with van der Waals surface area (Å²) in [5.74, 6) is 0.913. The van der Waals surface area contributed by atoms with E-state index in [4.69, 9.17) is 10.5 Å². The van der Waals surface area contributed by atoms with Crippen molar-refractivity contribution in [1.82, 2.24) is 0 Å². The van der Waals surface area contributed by atoms with Gasteiger partial charge in [0.1, 0.15) is 12.3 Å². The van der Waals surface area contributed by atoms with Crippen LogP contribution in [-0.2, 0) is 6.54 Å². The van der Waals surface area contributed by atoms with E-state index in [9.17, 15) is 0 Å². The van der Waals surface area contributed by atoms with Gasteiger partial charge in [0.15, 0.2) is 0 Å². The van der Waals surface area contributed by atoms with Gasteiger partial charge >= 0.3 is 0 Å². The van der Waals surface area contributed by atoms with Crippen LogP contribution in [0.25, 0.3) is 0 Å². The van der Waals surface area contributed by atoms with Crippen molar-refractivity contribution in [2.45, 2.75) is 13.0 Å². The van der Waals surface area contributed by atoms with Crippen LogP contribution >= 0.6 is 0 Å². The van der Waals surface area contributed by atoms with Gasteiger partial charge in [-0.1, -0.05) is 0 Å². The maximum Gasteiger partial charge on any atom is 0.118 e. The standard InChI is InChI=1S/C13H23N2O.ClH/c1-15(2,10-4-9-14)11-12-5-7-13(16-3)8-6-12;/h5-8H,4,9-11,14H2,1-3H3;1H/q+1;/p-1. The molecule has 0 bridgehead atoms. The van der Waals surface area contributed by atoms with E-state index in [1.54, 1.807) is 7.11 Å². The fourth-order valence-electron chi connectivity index (χ4n) is 1.82. The smallest absolute Gasteiger partial charge is 0.118 e. The van der Waals surface area contributed by atoms with Crippen molar-refractivity contribution in [1.29, 1.82) is 0 Å². The zero-order valence-corrected chi connectivity index (χ0v) is 11.7. The second kappa shape index (κ2) is 7.54. The Labute approximate surface area is 111 Å². The van der Waals surface area contributed by atoms with E-state index in [1.807, 2.05) is 12.1 Å². The molecule has 1 aromatic carbocycles. The van der Waals surface area contributed by atoms with Gasteiger partial charge in [0.2, 0.25) is 0 Å². The molecule has 0 radical (unpaired) electrons. The molecule has 0 atom stereocenters. The number of rotatable bonds is 6. The zero-order chi connectivity index (χ0) is 12.0. The van der Waals surface area contributed by atoms with Crippen molar-refractivity contribution in [2.75, 3.05) is 34.3 Å². The SMILES string of the molecule is COc1ccc(C[N+](C)(C)CCCN)cc1.[Cl-]. The van der Waals surface area contributed by atoms with Gasteiger partial charge in [-0.3, -0.25) is 0 Å². The maximum atomic E-state index is 5.54. The summed E-state index contributed by atoms with van der Waals surface area (Å²) in [6.07, 6.45) is 1.07. The number of methoxy groups -OCH3 is 1. The van der Waals surface area contributed by atoms with Gasteiger partial charge in [-0.25, -0.2) is 0 Å². The molecular weight excluding hydrogens is 236 g/mol. The quantitative estimate of drug-likeness (QED) is 0.639.